The second-order valence-corrected chi connectivity index (χ2v) is 7.32. The Morgan fingerprint density at radius 3 is 2.59 bits per heavy atom. The summed E-state index contributed by atoms with van der Waals surface area (Å²) in [6.07, 6.45) is 1.59. The van der Waals surface area contributed by atoms with Crippen molar-refractivity contribution in [3.8, 4) is 17.2 Å². The molecule has 0 radical (unpaired) electrons. The minimum Gasteiger partial charge on any atom is -0.496 e. The lowest BCUT2D eigenvalue weighted by Gasteiger charge is -2.30. The van der Waals surface area contributed by atoms with Crippen molar-refractivity contribution in [2.45, 2.75) is 32.6 Å². The Morgan fingerprint density at radius 2 is 1.86 bits per heavy atom. The van der Waals surface area contributed by atoms with Crippen molar-refractivity contribution in [1.29, 1.82) is 0 Å². The van der Waals surface area contributed by atoms with Gasteiger partial charge >= 0.3 is 0 Å². The van der Waals surface area contributed by atoms with E-state index in [0.29, 0.717) is 36.2 Å². The molecule has 0 bridgehead atoms. The molecule has 1 amide bonds. The number of carbonyl (C=O) groups is 1. The van der Waals surface area contributed by atoms with Gasteiger partial charge in [0.2, 0.25) is 0 Å². The largest absolute Gasteiger partial charge is 0.496 e. The average Bonchev–Trinajstić information content (AvgIpc) is 3.25. The average molecular weight is 392 g/mol. The summed E-state index contributed by atoms with van der Waals surface area (Å²) in [5.74, 6) is 1.98. The molecule has 29 heavy (non-hydrogen) atoms. The number of methoxy groups -OCH3 is 1. The van der Waals surface area contributed by atoms with E-state index >= 15 is 0 Å². The number of piperidine rings is 1. The summed E-state index contributed by atoms with van der Waals surface area (Å²) in [5.41, 5.74) is 3.26. The molecule has 7 heteroatoms. The number of pyridine rings is 1. The number of aromatic nitrogens is 3. The highest BCUT2D eigenvalue weighted by Gasteiger charge is 2.28. The summed E-state index contributed by atoms with van der Waals surface area (Å²) >= 11 is 0. The molecule has 1 fully saturated rings. The van der Waals surface area contributed by atoms with E-state index in [2.05, 4.69) is 15.1 Å². The van der Waals surface area contributed by atoms with Gasteiger partial charge in [0, 0.05) is 24.7 Å². The third kappa shape index (κ3) is 3.85. The summed E-state index contributed by atoms with van der Waals surface area (Å²) in [4.78, 5) is 23.6. The van der Waals surface area contributed by atoms with Crippen LogP contribution < -0.4 is 4.74 Å². The molecule has 1 saturated heterocycles. The molecule has 7 nitrogen and oxygen atoms in total. The molecule has 3 aromatic rings. The van der Waals surface area contributed by atoms with Crippen LogP contribution in [0.25, 0.3) is 11.5 Å². The number of likely N-dealkylation sites (tertiary alicyclic amines) is 1. The van der Waals surface area contributed by atoms with Crippen molar-refractivity contribution in [2.24, 2.45) is 0 Å². The number of hydrogen-bond acceptors (Lipinski definition) is 6. The summed E-state index contributed by atoms with van der Waals surface area (Å²) in [6.45, 7) is 5.22. The number of amides is 1. The van der Waals surface area contributed by atoms with Crippen molar-refractivity contribution in [2.75, 3.05) is 20.2 Å². The van der Waals surface area contributed by atoms with Crippen LogP contribution >= 0.6 is 0 Å². The number of ether oxygens (including phenoxy) is 1. The Morgan fingerprint density at radius 1 is 1.10 bits per heavy atom. The van der Waals surface area contributed by atoms with Gasteiger partial charge < -0.3 is 14.2 Å². The Hall–Kier alpha value is -3.22. The van der Waals surface area contributed by atoms with Gasteiger partial charge in [-0.3, -0.25) is 4.79 Å². The van der Waals surface area contributed by atoms with Gasteiger partial charge in [0.05, 0.1) is 12.7 Å². The van der Waals surface area contributed by atoms with E-state index < -0.39 is 0 Å². The van der Waals surface area contributed by atoms with E-state index in [9.17, 15) is 4.79 Å². The fourth-order valence-electron chi connectivity index (χ4n) is 3.58. The van der Waals surface area contributed by atoms with Crippen LogP contribution in [-0.2, 0) is 0 Å². The number of benzene rings is 1. The highest BCUT2D eigenvalue weighted by atomic mass is 16.5. The lowest BCUT2D eigenvalue weighted by Crippen LogP contribution is -2.38. The third-order valence-electron chi connectivity index (χ3n) is 5.50. The molecule has 0 aliphatic carbocycles. The van der Waals surface area contributed by atoms with Crippen LogP contribution in [0.3, 0.4) is 0 Å². The third-order valence-corrected chi connectivity index (χ3v) is 5.50. The van der Waals surface area contributed by atoms with Gasteiger partial charge in [-0.15, -0.1) is 0 Å². The highest BCUT2D eigenvalue weighted by molar-refractivity contribution is 5.92. The molecule has 1 aromatic carbocycles. The zero-order chi connectivity index (χ0) is 20.4. The minimum atomic E-state index is -0.0191. The maximum atomic E-state index is 12.8. The summed E-state index contributed by atoms with van der Waals surface area (Å²) < 4.78 is 10.9. The van der Waals surface area contributed by atoms with E-state index in [4.69, 9.17) is 9.26 Å². The SMILES string of the molecule is COc1ccccc1-c1nc(C2CCN(C(=O)c3ccc(C)c(C)n3)CC2)no1. The van der Waals surface area contributed by atoms with Crippen LogP contribution in [0.4, 0.5) is 0 Å². The topological polar surface area (TPSA) is 81.4 Å². The number of nitrogens with zero attached hydrogens (tertiary/aromatic N) is 4. The quantitative estimate of drug-likeness (QED) is 0.672. The maximum absolute atomic E-state index is 12.8. The zero-order valence-corrected chi connectivity index (χ0v) is 16.9. The number of para-hydroxylation sites is 1. The summed E-state index contributed by atoms with van der Waals surface area (Å²) in [7, 11) is 1.62. The number of hydrogen-bond donors (Lipinski definition) is 0. The highest BCUT2D eigenvalue weighted by Crippen LogP contribution is 2.32. The normalized spacial score (nSPS) is 14.8. The first-order valence-electron chi connectivity index (χ1n) is 9.77. The van der Waals surface area contributed by atoms with Crippen molar-refractivity contribution < 1.29 is 14.1 Å². The second kappa shape index (κ2) is 8.03. The predicted molar refractivity (Wildman–Crippen MR) is 108 cm³/mol. The molecule has 0 atom stereocenters. The van der Waals surface area contributed by atoms with Gasteiger partial charge in [0.1, 0.15) is 11.4 Å². The van der Waals surface area contributed by atoms with Crippen LogP contribution in [-0.4, -0.2) is 46.1 Å². The van der Waals surface area contributed by atoms with Crippen molar-refractivity contribution >= 4 is 5.91 Å². The van der Waals surface area contributed by atoms with Gasteiger partial charge in [-0.25, -0.2) is 4.98 Å². The molecule has 0 N–H and O–H groups in total. The van der Waals surface area contributed by atoms with Crippen LogP contribution in [0.2, 0.25) is 0 Å². The lowest BCUT2D eigenvalue weighted by molar-refractivity contribution is 0.0704. The van der Waals surface area contributed by atoms with Crippen LogP contribution in [0, 0.1) is 13.8 Å². The lowest BCUT2D eigenvalue weighted by atomic mass is 9.96. The molecule has 150 valence electrons. The van der Waals surface area contributed by atoms with E-state index in [1.54, 1.807) is 13.2 Å². The number of aryl methyl sites for hydroxylation is 2. The summed E-state index contributed by atoms with van der Waals surface area (Å²) in [5, 5.41) is 4.18. The van der Waals surface area contributed by atoms with Crippen LogP contribution in [0.1, 0.15) is 46.3 Å². The Bertz CT molecular complexity index is 1020. The van der Waals surface area contributed by atoms with Gasteiger partial charge in [0.15, 0.2) is 5.82 Å². The van der Waals surface area contributed by atoms with E-state index in [1.165, 1.54) is 0 Å². The van der Waals surface area contributed by atoms with E-state index in [0.717, 1.165) is 29.7 Å². The van der Waals surface area contributed by atoms with Gasteiger partial charge in [-0.1, -0.05) is 23.4 Å². The molecule has 0 spiro atoms. The fraction of sp³-hybridized carbons (Fsp3) is 0.364. The number of rotatable bonds is 4. The zero-order valence-electron chi connectivity index (χ0n) is 16.9. The Labute approximate surface area is 169 Å². The minimum absolute atomic E-state index is 0.0191. The predicted octanol–water partition coefficient (Wildman–Crippen LogP) is 3.78. The van der Waals surface area contributed by atoms with Gasteiger partial charge in [-0.2, -0.15) is 4.98 Å². The van der Waals surface area contributed by atoms with Crippen LogP contribution in [0.5, 0.6) is 5.75 Å². The summed E-state index contributed by atoms with van der Waals surface area (Å²) in [6, 6.07) is 11.3. The number of carbonyl (C=O) groups excluding carboxylic acids is 1. The first-order chi connectivity index (χ1) is 14.1. The van der Waals surface area contributed by atoms with Gasteiger partial charge in [-0.05, 0) is 50.5 Å². The first-order valence-corrected chi connectivity index (χ1v) is 9.77. The van der Waals surface area contributed by atoms with E-state index in [-0.39, 0.29) is 11.8 Å². The standard InChI is InChI=1S/C22H24N4O3/c1-14-8-9-18(23-15(14)2)22(27)26-12-10-16(11-13-26)20-24-21(29-25-20)17-6-4-5-7-19(17)28-3/h4-9,16H,10-13H2,1-3H3. The maximum Gasteiger partial charge on any atom is 0.272 e. The van der Waals surface area contributed by atoms with Crippen LogP contribution in [0.15, 0.2) is 40.9 Å². The molecule has 4 rings (SSSR count). The smallest absolute Gasteiger partial charge is 0.272 e. The molecule has 2 aromatic heterocycles. The monoisotopic (exact) mass is 392 g/mol. The molecular weight excluding hydrogens is 368 g/mol. The van der Waals surface area contributed by atoms with Crippen molar-refractivity contribution in [3.63, 3.8) is 0 Å². The molecule has 0 unspecified atom stereocenters. The fourth-order valence-corrected chi connectivity index (χ4v) is 3.58. The second-order valence-electron chi connectivity index (χ2n) is 7.32. The van der Waals surface area contributed by atoms with Crippen molar-refractivity contribution in [1.82, 2.24) is 20.0 Å². The van der Waals surface area contributed by atoms with E-state index in [1.807, 2.05) is 49.1 Å². The first kappa shape index (κ1) is 19.1. The molecule has 3 heterocycles. The Kier molecular flexibility index (Phi) is 5.29. The molecule has 1 aliphatic rings. The molecular formula is C22H24N4O3. The van der Waals surface area contributed by atoms with Crippen molar-refractivity contribution in [3.05, 3.63) is 59.2 Å². The van der Waals surface area contributed by atoms with Gasteiger partial charge in [0.25, 0.3) is 11.8 Å². The molecule has 0 saturated carbocycles. The molecule has 1 aliphatic heterocycles. The Balaban J connectivity index is 1.43.